The standard InChI is InChI=1S/C40H100O14Si9/c1-21-50-51-29-23-22-24-30-55(11,12)39-40-56(13,14)31-25-38-63(52-57(15,16)32-26-35-60(41-2,42-3)43-4,53-58(17,18)33-27-36-61(44-5,45-6)46-7)54-59(19,20)34-28-37-62(47-8,48-9)49-10/h21-40H2,1-20H3. The van der Waals surface area contributed by atoms with Crippen LogP contribution in [-0.4, -0.2) is 154 Å². The Morgan fingerprint density at radius 1 is 0.270 bits per heavy atom. The average molecular weight is 1060 g/mol. The largest absolute Gasteiger partial charge is 0.500 e. The highest BCUT2D eigenvalue weighted by Crippen LogP contribution is 2.38. The van der Waals surface area contributed by atoms with Gasteiger partial charge in [0.05, 0.1) is 13.2 Å². The van der Waals surface area contributed by atoms with Crippen molar-refractivity contribution in [3.63, 3.8) is 0 Å². The van der Waals surface area contributed by atoms with E-state index in [1.165, 1.54) is 37.0 Å². The van der Waals surface area contributed by atoms with Crippen LogP contribution in [-0.2, 0) is 62.0 Å². The van der Waals surface area contributed by atoms with E-state index in [-0.39, 0.29) is 0 Å². The van der Waals surface area contributed by atoms with Gasteiger partial charge in [-0.15, -0.1) is 0 Å². The van der Waals surface area contributed by atoms with Crippen LogP contribution in [0, 0.1) is 0 Å². The van der Waals surface area contributed by atoms with Crippen molar-refractivity contribution in [2.45, 2.75) is 184 Å². The summed E-state index contributed by atoms with van der Waals surface area (Å²) in [5.41, 5.74) is 0. The van der Waals surface area contributed by atoms with Gasteiger partial charge in [-0.05, 0) is 90.0 Å². The Hall–Kier alpha value is 1.39. The molecular formula is C40H100O14Si9. The Balaban J connectivity index is 6.76. The highest BCUT2D eigenvalue weighted by atomic mass is 28.5. The Bertz CT molecular complexity index is 1060. The summed E-state index contributed by atoms with van der Waals surface area (Å²) < 4.78 is 75.5. The maximum absolute atomic E-state index is 7.72. The summed E-state index contributed by atoms with van der Waals surface area (Å²) >= 11 is 0. The van der Waals surface area contributed by atoms with E-state index in [2.05, 4.69) is 65.5 Å². The molecule has 0 saturated carbocycles. The molecule has 63 heavy (non-hydrogen) atoms. The van der Waals surface area contributed by atoms with Crippen LogP contribution >= 0.6 is 0 Å². The van der Waals surface area contributed by atoms with Gasteiger partial charge in [0.2, 0.25) is 0 Å². The molecule has 0 saturated heterocycles. The second-order valence-corrected chi connectivity index (χ2v) is 56.7. The molecule has 14 nitrogen and oxygen atoms in total. The SMILES string of the molecule is CCOOCCCCC[Si](C)(C)CC[Si](C)(C)CCC[Si](O[Si](C)(C)CCC[Si](OC)(OC)OC)(O[Si](C)(C)CCC[Si](OC)(OC)OC)O[Si](C)(C)CCC[Si](OC)(OC)OC. The molecule has 0 fully saturated rings. The van der Waals surface area contributed by atoms with Crippen molar-refractivity contribution in [2.75, 3.05) is 77.2 Å². The van der Waals surface area contributed by atoms with E-state index in [0.29, 0.717) is 13.2 Å². The second kappa shape index (κ2) is 30.9. The van der Waals surface area contributed by atoms with Gasteiger partial charge in [0.1, 0.15) is 0 Å². The molecule has 0 aliphatic rings. The summed E-state index contributed by atoms with van der Waals surface area (Å²) in [4.78, 5) is 10.3. The van der Waals surface area contributed by atoms with Crippen molar-refractivity contribution in [3.05, 3.63) is 0 Å². The first-order valence-corrected chi connectivity index (χ1v) is 47.5. The Kier molecular flexibility index (Phi) is 31.6. The first kappa shape index (κ1) is 64.4. The molecule has 0 atom stereocenters. The van der Waals surface area contributed by atoms with Crippen LogP contribution in [0.4, 0.5) is 0 Å². The minimum absolute atomic E-state index is 0.597. The minimum atomic E-state index is -3.31. The summed E-state index contributed by atoms with van der Waals surface area (Å²) in [6, 6.07) is 11.1. The lowest BCUT2D eigenvalue weighted by Crippen LogP contribution is -2.62. The van der Waals surface area contributed by atoms with Crippen molar-refractivity contribution < 1.29 is 62.0 Å². The van der Waals surface area contributed by atoms with Crippen molar-refractivity contribution >= 4 is 76.3 Å². The first-order chi connectivity index (χ1) is 29.3. The molecule has 0 bridgehead atoms. The smallest absolute Gasteiger partial charge is 0.417 e. The maximum atomic E-state index is 7.72. The van der Waals surface area contributed by atoms with Crippen molar-refractivity contribution in [2.24, 2.45) is 0 Å². The fourth-order valence-corrected chi connectivity index (χ4v) is 41.0. The number of unbranched alkanes of at least 4 members (excludes halogenated alkanes) is 2. The zero-order chi connectivity index (χ0) is 48.5. The molecule has 0 aromatic heterocycles. The molecule has 380 valence electrons. The van der Waals surface area contributed by atoms with E-state index < -0.39 is 76.3 Å². The van der Waals surface area contributed by atoms with Gasteiger partial charge < -0.3 is 52.2 Å². The van der Waals surface area contributed by atoms with E-state index >= 15 is 0 Å². The summed E-state index contributed by atoms with van der Waals surface area (Å²) in [6.07, 6.45) is 7.21. The lowest BCUT2D eigenvalue weighted by atomic mass is 10.3. The molecule has 0 aromatic rings. The van der Waals surface area contributed by atoms with Crippen molar-refractivity contribution in [1.29, 1.82) is 0 Å². The average Bonchev–Trinajstić information content (AvgIpc) is 3.21. The second-order valence-electron chi connectivity index (χ2n) is 20.4. The van der Waals surface area contributed by atoms with Crippen LogP contribution in [0.1, 0.15) is 51.9 Å². The highest BCUT2D eigenvalue weighted by Gasteiger charge is 2.53. The summed E-state index contributed by atoms with van der Waals surface area (Å²) in [6.45, 7) is 27.6. The molecule has 23 heteroatoms. The molecular weight excluding hydrogens is 957 g/mol. The van der Waals surface area contributed by atoms with Gasteiger partial charge in [-0.1, -0.05) is 69.6 Å². The Morgan fingerprint density at radius 2 is 0.556 bits per heavy atom. The number of hydrogen-bond acceptors (Lipinski definition) is 14. The zero-order valence-corrected chi connectivity index (χ0v) is 53.4. The zero-order valence-electron chi connectivity index (χ0n) is 44.4. The molecule has 0 spiro atoms. The molecule has 0 radical (unpaired) electrons. The topological polar surface area (TPSA) is 129 Å². The summed E-state index contributed by atoms with van der Waals surface area (Å²) in [7, 11) is -6.39. The van der Waals surface area contributed by atoms with Crippen LogP contribution in [0.5, 0.6) is 0 Å². The van der Waals surface area contributed by atoms with Gasteiger partial charge in [0.25, 0.3) is 0 Å². The van der Waals surface area contributed by atoms with Gasteiger partial charge in [0.15, 0.2) is 25.0 Å². The third-order valence-electron chi connectivity index (χ3n) is 12.5. The van der Waals surface area contributed by atoms with Crippen LogP contribution in [0.2, 0.25) is 132 Å². The molecule has 0 amide bonds. The van der Waals surface area contributed by atoms with E-state index in [1.54, 1.807) is 64.0 Å². The van der Waals surface area contributed by atoms with Crippen LogP contribution in [0.15, 0.2) is 0 Å². The van der Waals surface area contributed by atoms with Crippen LogP contribution < -0.4 is 0 Å². The van der Waals surface area contributed by atoms with Crippen LogP contribution in [0.25, 0.3) is 0 Å². The third-order valence-corrected chi connectivity index (χ3v) is 44.1. The molecule has 0 aliphatic carbocycles. The summed E-state index contributed by atoms with van der Waals surface area (Å²) in [5, 5.41) is 0. The molecule has 0 heterocycles. The fraction of sp³-hybridized carbons (Fsp3) is 1.00. The molecule has 0 aliphatic heterocycles. The van der Waals surface area contributed by atoms with Gasteiger partial charge >= 0.3 is 35.2 Å². The van der Waals surface area contributed by atoms with Crippen molar-refractivity contribution in [1.82, 2.24) is 0 Å². The Labute approximate surface area is 397 Å². The fourth-order valence-electron chi connectivity index (χ4n) is 8.29. The molecule has 0 N–H and O–H groups in total. The van der Waals surface area contributed by atoms with E-state index in [4.69, 9.17) is 62.0 Å². The van der Waals surface area contributed by atoms with E-state index in [1.807, 2.05) is 6.92 Å². The predicted octanol–water partition coefficient (Wildman–Crippen LogP) is 11.3. The number of rotatable bonds is 42. The molecule has 0 unspecified atom stereocenters. The first-order valence-electron chi connectivity index (χ1n) is 23.6. The monoisotopic (exact) mass is 1060 g/mol. The van der Waals surface area contributed by atoms with Gasteiger partial charge in [-0.25, -0.2) is 9.78 Å². The predicted molar refractivity (Wildman–Crippen MR) is 280 cm³/mol. The van der Waals surface area contributed by atoms with E-state index in [9.17, 15) is 0 Å². The van der Waals surface area contributed by atoms with Gasteiger partial charge in [0, 0.05) is 104 Å². The molecule has 0 rings (SSSR count). The van der Waals surface area contributed by atoms with Crippen molar-refractivity contribution in [3.8, 4) is 0 Å². The quantitative estimate of drug-likeness (QED) is 0.0249. The van der Waals surface area contributed by atoms with E-state index in [0.717, 1.165) is 74.4 Å². The van der Waals surface area contributed by atoms with Gasteiger partial charge in [-0.3, -0.25) is 0 Å². The number of hydrogen-bond donors (Lipinski definition) is 0. The molecule has 0 aromatic carbocycles. The summed E-state index contributed by atoms with van der Waals surface area (Å²) in [5.74, 6) is 0. The Morgan fingerprint density at radius 3 is 0.857 bits per heavy atom. The normalized spacial score (nSPS) is 14.3. The minimum Gasteiger partial charge on any atom is -0.417 e. The lowest BCUT2D eigenvalue weighted by molar-refractivity contribution is -0.291. The van der Waals surface area contributed by atoms with Crippen LogP contribution in [0.3, 0.4) is 0 Å². The third kappa shape index (κ3) is 26.3. The lowest BCUT2D eigenvalue weighted by Gasteiger charge is -2.45. The maximum Gasteiger partial charge on any atom is 0.500 e. The van der Waals surface area contributed by atoms with Gasteiger partial charge in [-0.2, -0.15) is 0 Å². The highest BCUT2D eigenvalue weighted by molar-refractivity contribution is 6.91.